The van der Waals surface area contributed by atoms with Crippen molar-refractivity contribution in [3.8, 4) is 0 Å². The van der Waals surface area contributed by atoms with E-state index in [4.69, 9.17) is 15.6 Å². The van der Waals surface area contributed by atoms with E-state index in [-0.39, 0.29) is 13.0 Å². The molecule has 0 saturated heterocycles. The van der Waals surface area contributed by atoms with Gasteiger partial charge in [0.05, 0.1) is 19.6 Å². The van der Waals surface area contributed by atoms with E-state index in [9.17, 15) is 4.79 Å². The minimum Gasteiger partial charge on any atom is -0.481 e. The van der Waals surface area contributed by atoms with Crippen LogP contribution in [0.25, 0.3) is 5.57 Å². The highest BCUT2D eigenvalue weighted by atomic mass is 16.5. The number of hydrogen-bond acceptors (Lipinski definition) is 4. The van der Waals surface area contributed by atoms with E-state index >= 15 is 0 Å². The number of benzene rings is 1. The Labute approximate surface area is 131 Å². The molecule has 0 heterocycles. The second kappa shape index (κ2) is 10.6. The van der Waals surface area contributed by atoms with Crippen molar-refractivity contribution in [1.82, 2.24) is 0 Å². The summed E-state index contributed by atoms with van der Waals surface area (Å²) in [5, 5.41) is 8.53. The van der Waals surface area contributed by atoms with Crippen LogP contribution in [0, 0.1) is 0 Å². The molecular formula is C17H24N2O3. The molecule has 1 rings (SSSR count). The van der Waals surface area contributed by atoms with Crippen LogP contribution in [0.1, 0.15) is 30.9 Å². The zero-order valence-corrected chi connectivity index (χ0v) is 13.0. The van der Waals surface area contributed by atoms with Gasteiger partial charge in [0.25, 0.3) is 0 Å². The standard InChI is InChI=1S/C17H24N2O3/c1-2-8-19-13-16(12-18)15-5-3-4-14(11-15)6-9-22-10-7-17(20)21/h3-5,11-13H,2,6-10,18H2,1H3,(H,20,21). The Bertz CT molecular complexity index is 524. The lowest BCUT2D eigenvalue weighted by Gasteiger charge is -2.06. The van der Waals surface area contributed by atoms with Gasteiger partial charge in [0, 0.05) is 24.5 Å². The third-order valence-electron chi connectivity index (χ3n) is 3.02. The van der Waals surface area contributed by atoms with E-state index < -0.39 is 5.97 Å². The Morgan fingerprint density at radius 1 is 1.41 bits per heavy atom. The lowest BCUT2D eigenvalue weighted by Crippen LogP contribution is -2.05. The minimum absolute atomic E-state index is 0.0357. The fraction of sp³-hybridized carbons (Fsp3) is 0.412. The molecule has 0 aliphatic carbocycles. The molecule has 0 aliphatic heterocycles. The first-order chi connectivity index (χ1) is 10.7. The number of rotatable bonds is 10. The van der Waals surface area contributed by atoms with Crippen molar-refractivity contribution in [2.75, 3.05) is 19.8 Å². The Hall–Kier alpha value is -2.14. The Balaban J connectivity index is 2.55. The predicted octanol–water partition coefficient (Wildman–Crippen LogP) is 2.50. The van der Waals surface area contributed by atoms with Gasteiger partial charge in [-0.05, 0) is 24.0 Å². The quantitative estimate of drug-likeness (QED) is 0.514. The first-order valence-electron chi connectivity index (χ1n) is 7.48. The molecule has 0 atom stereocenters. The van der Waals surface area contributed by atoms with Gasteiger partial charge in [0.2, 0.25) is 0 Å². The normalized spacial score (nSPS) is 12.0. The number of carboxylic acids is 1. The van der Waals surface area contributed by atoms with Gasteiger partial charge < -0.3 is 15.6 Å². The topological polar surface area (TPSA) is 84.9 Å². The van der Waals surface area contributed by atoms with E-state index in [0.29, 0.717) is 6.61 Å². The second-order valence-corrected chi connectivity index (χ2v) is 4.86. The van der Waals surface area contributed by atoms with Crippen molar-refractivity contribution in [2.24, 2.45) is 10.7 Å². The number of aliphatic carboxylic acids is 1. The molecule has 0 fully saturated rings. The van der Waals surface area contributed by atoms with Crippen molar-refractivity contribution >= 4 is 17.8 Å². The van der Waals surface area contributed by atoms with Gasteiger partial charge in [-0.3, -0.25) is 9.79 Å². The molecule has 120 valence electrons. The number of ether oxygens (including phenoxy) is 1. The van der Waals surface area contributed by atoms with Crippen LogP contribution in [0.5, 0.6) is 0 Å². The highest BCUT2D eigenvalue weighted by Crippen LogP contribution is 2.14. The highest BCUT2D eigenvalue weighted by molar-refractivity contribution is 6.09. The SMILES string of the molecule is CCCN=CC(=CN)c1cccc(CCOCCC(=O)O)c1. The largest absolute Gasteiger partial charge is 0.481 e. The fourth-order valence-corrected chi connectivity index (χ4v) is 1.86. The third-order valence-corrected chi connectivity index (χ3v) is 3.02. The van der Waals surface area contributed by atoms with E-state index in [1.54, 1.807) is 12.4 Å². The average Bonchev–Trinajstić information content (AvgIpc) is 2.51. The van der Waals surface area contributed by atoms with Crippen molar-refractivity contribution < 1.29 is 14.6 Å². The summed E-state index contributed by atoms with van der Waals surface area (Å²) in [6, 6.07) is 8.03. The summed E-state index contributed by atoms with van der Waals surface area (Å²) in [5.74, 6) is -0.842. The van der Waals surface area contributed by atoms with Gasteiger partial charge in [0.1, 0.15) is 0 Å². The van der Waals surface area contributed by atoms with E-state index in [1.165, 1.54) is 0 Å². The van der Waals surface area contributed by atoms with Crippen molar-refractivity contribution in [1.29, 1.82) is 0 Å². The van der Waals surface area contributed by atoms with Gasteiger partial charge in [-0.1, -0.05) is 31.2 Å². The third kappa shape index (κ3) is 7.04. The molecular weight excluding hydrogens is 280 g/mol. The predicted molar refractivity (Wildman–Crippen MR) is 89.0 cm³/mol. The van der Waals surface area contributed by atoms with E-state index in [1.807, 2.05) is 18.2 Å². The van der Waals surface area contributed by atoms with Crippen LogP contribution in [-0.4, -0.2) is 37.0 Å². The monoisotopic (exact) mass is 304 g/mol. The minimum atomic E-state index is -0.842. The maximum absolute atomic E-state index is 10.4. The molecule has 0 unspecified atom stereocenters. The summed E-state index contributed by atoms with van der Waals surface area (Å²) in [5.41, 5.74) is 8.70. The fourth-order valence-electron chi connectivity index (χ4n) is 1.86. The van der Waals surface area contributed by atoms with Crippen LogP contribution in [0.3, 0.4) is 0 Å². The molecule has 0 bridgehead atoms. The van der Waals surface area contributed by atoms with Crippen molar-refractivity contribution in [2.45, 2.75) is 26.2 Å². The Morgan fingerprint density at radius 2 is 2.23 bits per heavy atom. The number of nitrogens with two attached hydrogens (primary N) is 1. The molecule has 1 aromatic carbocycles. The van der Waals surface area contributed by atoms with Gasteiger partial charge in [-0.25, -0.2) is 0 Å². The van der Waals surface area contributed by atoms with Crippen LogP contribution in [0.2, 0.25) is 0 Å². The molecule has 0 radical (unpaired) electrons. The molecule has 22 heavy (non-hydrogen) atoms. The summed E-state index contributed by atoms with van der Waals surface area (Å²) in [6.45, 7) is 3.61. The first kappa shape index (κ1) is 17.9. The van der Waals surface area contributed by atoms with Gasteiger partial charge in [-0.15, -0.1) is 0 Å². The number of carboxylic acid groups (broad SMARTS) is 1. The molecule has 0 amide bonds. The first-order valence-corrected chi connectivity index (χ1v) is 7.48. The van der Waals surface area contributed by atoms with Crippen molar-refractivity contribution in [3.05, 3.63) is 41.6 Å². The van der Waals surface area contributed by atoms with Crippen LogP contribution >= 0.6 is 0 Å². The Kier molecular flexibility index (Phi) is 8.60. The number of nitrogens with zero attached hydrogens (tertiary/aromatic N) is 1. The maximum atomic E-state index is 10.4. The number of carbonyl (C=O) groups is 1. The van der Waals surface area contributed by atoms with Gasteiger partial charge in [0.15, 0.2) is 0 Å². The van der Waals surface area contributed by atoms with Crippen LogP contribution in [0.4, 0.5) is 0 Å². The molecule has 0 aliphatic rings. The maximum Gasteiger partial charge on any atom is 0.305 e. The van der Waals surface area contributed by atoms with Crippen LogP contribution in [-0.2, 0) is 16.0 Å². The molecule has 1 aromatic rings. The molecule has 3 N–H and O–H groups in total. The number of aliphatic imine (C=N–C) groups is 1. The molecule has 0 saturated carbocycles. The van der Waals surface area contributed by atoms with E-state index in [2.05, 4.69) is 18.0 Å². The lowest BCUT2D eigenvalue weighted by molar-refractivity contribution is -0.138. The Morgan fingerprint density at radius 3 is 2.91 bits per heavy atom. The zero-order valence-electron chi connectivity index (χ0n) is 13.0. The molecule has 5 nitrogen and oxygen atoms in total. The second-order valence-electron chi connectivity index (χ2n) is 4.86. The summed E-state index contributed by atoms with van der Waals surface area (Å²) >= 11 is 0. The van der Waals surface area contributed by atoms with Gasteiger partial charge in [-0.2, -0.15) is 0 Å². The molecule has 5 heteroatoms. The molecule has 0 aromatic heterocycles. The smallest absolute Gasteiger partial charge is 0.305 e. The summed E-state index contributed by atoms with van der Waals surface area (Å²) in [6.07, 6.45) is 5.13. The lowest BCUT2D eigenvalue weighted by atomic mass is 10.0. The summed E-state index contributed by atoms with van der Waals surface area (Å²) < 4.78 is 5.31. The highest BCUT2D eigenvalue weighted by Gasteiger charge is 2.01. The van der Waals surface area contributed by atoms with Gasteiger partial charge >= 0.3 is 5.97 Å². The number of hydrogen-bond donors (Lipinski definition) is 2. The van der Waals surface area contributed by atoms with Crippen molar-refractivity contribution in [3.63, 3.8) is 0 Å². The van der Waals surface area contributed by atoms with Crippen LogP contribution in [0.15, 0.2) is 35.5 Å². The summed E-state index contributed by atoms with van der Waals surface area (Å²) in [4.78, 5) is 14.7. The average molecular weight is 304 g/mol. The molecule has 0 spiro atoms. The van der Waals surface area contributed by atoms with E-state index in [0.717, 1.165) is 36.1 Å². The zero-order chi connectivity index (χ0) is 16.2. The summed E-state index contributed by atoms with van der Waals surface area (Å²) in [7, 11) is 0. The van der Waals surface area contributed by atoms with Crippen LogP contribution < -0.4 is 5.73 Å². The number of allylic oxidation sites excluding steroid dienone is 1.